The van der Waals surface area contributed by atoms with Crippen molar-refractivity contribution in [1.29, 1.82) is 0 Å². The molecule has 0 bridgehead atoms. The molecule has 0 saturated carbocycles. The molecule has 0 saturated heterocycles. The average molecular weight is 187 g/mol. The van der Waals surface area contributed by atoms with Crippen molar-refractivity contribution in [2.24, 2.45) is 0 Å². The van der Waals surface area contributed by atoms with Crippen molar-refractivity contribution in [3.8, 4) is 0 Å². The van der Waals surface area contributed by atoms with Crippen LogP contribution in [0.5, 0.6) is 0 Å². The van der Waals surface area contributed by atoms with Crippen molar-refractivity contribution in [2.75, 3.05) is 6.61 Å². The van der Waals surface area contributed by atoms with Gasteiger partial charge in [0, 0.05) is 6.42 Å². The summed E-state index contributed by atoms with van der Waals surface area (Å²) < 4.78 is 0. The molecular formula is C9H17NO3. The van der Waals surface area contributed by atoms with Crippen LogP contribution >= 0.6 is 0 Å². The second-order valence-corrected chi connectivity index (χ2v) is 2.73. The summed E-state index contributed by atoms with van der Waals surface area (Å²) >= 11 is 0. The molecule has 0 spiro atoms. The van der Waals surface area contributed by atoms with Crippen molar-refractivity contribution in [3.63, 3.8) is 0 Å². The predicted molar refractivity (Wildman–Crippen MR) is 49.5 cm³/mol. The number of Topliss-reactive ketones (excluding diaryl/α,β-unsaturated/α-hetero) is 1. The van der Waals surface area contributed by atoms with Gasteiger partial charge in [-0.3, -0.25) is 4.84 Å². The summed E-state index contributed by atoms with van der Waals surface area (Å²) in [5.74, 6) is 0.244. The van der Waals surface area contributed by atoms with Gasteiger partial charge in [0.2, 0.25) is 0 Å². The highest BCUT2D eigenvalue weighted by Crippen LogP contribution is 1.99. The zero-order valence-corrected chi connectivity index (χ0v) is 8.04. The van der Waals surface area contributed by atoms with E-state index in [4.69, 9.17) is 4.84 Å². The lowest BCUT2D eigenvalue weighted by Gasteiger charge is -2.02. The highest BCUT2D eigenvalue weighted by Gasteiger charge is 1.93. The molecule has 0 aromatic carbocycles. The number of hydrogen-bond acceptors (Lipinski definition) is 4. The van der Waals surface area contributed by atoms with Crippen LogP contribution in [0, 0.1) is 0 Å². The minimum Gasteiger partial charge on any atom is -0.392 e. The van der Waals surface area contributed by atoms with Gasteiger partial charge >= 0.3 is 0 Å². The third kappa shape index (κ3) is 11.1. The molecule has 0 heterocycles. The predicted octanol–water partition coefficient (Wildman–Crippen LogP) is 1.73. The van der Waals surface area contributed by atoms with E-state index in [9.17, 15) is 4.79 Å². The average Bonchev–Trinajstić information content (AvgIpc) is 2.09. The molecule has 0 fully saturated rings. The summed E-state index contributed by atoms with van der Waals surface area (Å²) in [5.41, 5.74) is 2.25. The van der Waals surface area contributed by atoms with E-state index in [1.54, 1.807) is 6.92 Å². The molecule has 0 aliphatic heterocycles. The fraction of sp³-hybridized carbons (Fsp3) is 0.667. The fourth-order valence-corrected chi connectivity index (χ4v) is 0.835. The summed E-state index contributed by atoms with van der Waals surface area (Å²) in [6, 6.07) is 0. The number of nitrogens with one attached hydrogen (secondary N) is 1. The van der Waals surface area contributed by atoms with Crippen molar-refractivity contribution >= 4 is 5.78 Å². The maximum Gasteiger partial charge on any atom is 0.129 e. The third-order valence-electron chi connectivity index (χ3n) is 1.47. The summed E-state index contributed by atoms with van der Waals surface area (Å²) in [5, 5.41) is 0. The Labute approximate surface area is 78.8 Å². The van der Waals surface area contributed by atoms with E-state index in [2.05, 4.69) is 17.1 Å². The van der Waals surface area contributed by atoms with Gasteiger partial charge < -0.3 is 9.63 Å². The normalized spacial score (nSPS) is 9.62. The molecule has 0 aromatic heterocycles. The molecule has 13 heavy (non-hydrogen) atoms. The summed E-state index contributed by atoms with van der Waals surface area (Å²) in [6.45, 7) is 5.51. The van der Waals surface area contributed by atoms with Crippen LogP contribution in [0.2, 0.25) is 0 Å². The lowest BCUT2D eigenvalue weighted by Crippen LogP contribution is -2.12. The standard InChI is InChI=1S/C9H17NO3/c1-3-12-10-13-8-6-4-5-7-9(2)11/h3,10H,1,4-8H2,2H3. The maximum atomic E-state index is 10.5. The lowest BCUT2D eigenvalue weighted by molar-refractivity contribution is -0.134. The van der Waals surface area contributed by atoms with Crippen LogP contribution < -0.4 is 5.64 Å². The first-order chi connectivity index (χ1) is 6.27. The molecule has 4 nitrogen and oxygen atoms in total. The Morgan fingerprint density at radius 1 is 1.46 bits per heavy atom. The minimum absolute atomic E-state index is 0.244. The number of carbonyl (C=O) groups excluding carboxylic acids is 1. The first kappa shape index (κ1) is 12.1. The van der Waals surface area contributed by atoms with E-state index in [1.165, 1.54) is 6.26 Å². The Kier molecular flexibility index (Phi) is 8.60. The smallest absolute Gasteiger partial charge is 0.129 e. The molecule has 76 valence electrons. The van der Waals surface area contributed by atoms with Crippen molar-refractivity contribution < 1.29 is 14.5 Å². The molecular weight excluding hydrogens is 170 g/mol. The molecule has 0 aliphatic carbocycles. The summed E-state index contributed by atoms with van der Waals surface area (Å²) in [4.78, 5) is 19.9. The highest BCUT2D eigenvalue weighted by molar-refractivity contribution is 5.75. The van der Waals surface area contributed by atoms with Crippen LogP contribution in [-0.2, 0) is 14.5 Å². The molecule has 0 amide bonds. The molecule has 0 rings (SSSR count). The van der Waals surface area contributed by atoms with Crippen LogP contribution in [0.3, 0.4) is 0 Å². The molecule has 4 heteroatoms. The zero-order chi connectivity index (χ0) is 9.94. The maximum absolute atomic E-state index is 10.5. The van der Waals surface area contributed by atoms with Crippen LogP contribution in [0.15, 0.2) is 12.8 Å². The largest absolute Gasteiger partial charge is 0.392 e. The van der Waals surface area contributed by atoms with E-state index in [1.807, 2.05) is 0 Å². The molecule has 0 radical (unpaired) electrons. The van der Waals surface area contributed by atoms with E-state index >= 15 is 0 Å². The van der Waals surface area contributed by atoms with E-state index in [0.29, 0.717) is 13.0 Å². The number of ketones is 1. The quantitative estimate of drug-likeness (QED) is 0.339. The van der Waals surface area contributed by atoms with Crippen LogP contribution in [0.1, 0.15) is 32.6 Å². The first-order valence-corrected chi connectivity index (χ1v) is 4.40. The van der Waals surface area contributed by atoms with E-state index in [-0.39, 0.29) is 5.78 Å². The summed E-state index contributed by atoms with van der Waals surface area (Å²) in [7, 11) is 0. The van der Waals surface area contributed by atoms with Gasteiger partial charge in [0.15, 0.2) is 0 Å². The van der Waals surface area contributed by atoms with Gasteiger partial charge in [0.25, 0.3) is 0 Å². The number of rotatable bonds is 9. The highest BCUT2D eigenvalue weighted by atomic mass is 16.9. The number of unbranched alkanes of at least 4 members (excludes halogenated alkanes) is 2. The topological polar surface area (TPSA) is 47.6 Å². The Balaban J connectivity index is 2.91. The van der Waals surface area contributed by atoms with Crippen LogP contribution in [0.4, 0.5) is 0 Å². The second-order valence-electron chi connectivity index (χ2n) is 2.73. The molecule has 0 atom stereocenters. The monoisotopic (exact) mass is 187 g/mol. The molecule has 0 aromatic rings. The van der Waals surface area contributed by atoms with E-state index in [0.717, 1.165) is 19.3 Å². The SMILES string of the molecule is C=CONOCCCCCC(C)=O. The van der Waals surface area contributed by atoms with Gasteiger partial charge in [0.1, 0.15) is 12.0 Å². The summed E-state index contributed by atoms with van der Waals surface area (Å²) in [6.07, 6.45) is 4.75. The Morgan fingerprint density at radius 2 is 2.23 bits per heavy atom. The van der Waals surface area contributed by atoms with Gasteiger partial charge in [0.05, 0.1) is 6.61 Å². The number of hydrogen-bond donors (Lipinski definition) is 1. The van der Waals surface area contributed by atoms with Gasteiger partial charge in [-0.05, 0) is 25.4 Å². The van der Waals surface area contributed by atoms with E-state index < -0.39 is 0 Å². The van der Waals surface area contributed by atoms with Gasteiger partial charge in [-0.1, -0.05) is 13.0 Å². The Morgan fingerprint density at radius 3 is 2.85 bits per heavy atom. The van der Waals surface area contributed by atoms with Gasteiger partial charge in [-0.2, -0.15) is 0 Å². The van der Waals surface area contributed by atoms with Crippen molar-refractivity contribution in [1.82, 2.24) is 5.64 Å². The van der Waals surface area contributed by atoms with Crippen LogP contribution in [0.25, 0.3) is 0 Å². The van der Waals surface area contributed by atoms with Gasteiger partial charge in [-0.15, -0.1) is 0 Å². The third-order valence-corrected chi connectivity index (χ3v) is 1.47. The molecule has 0 unspecified atom stereocenters. The lowest BCUT2D eigenvalue weighted by atomic mass is 10.1. The van der Waals surface area contributed by atoms with Crippen molar-refractivity contribution in [2.45, 2.75) is 32.6 Å². The molecule has 0 aliphatic rings. The molecule has 1 N–H and O–H groups in total. The Bertz CT molecular complexity index is 148. The first-order valence-electron chi connectivity index (χ1n) is 4.40. The fourth-order valence-electron chi connectivity index (χ4n) is 0.835. The number of carbonyl (C=O) groups is 1. The van der Waals surface area contributed by atoms with Crippen LogP contribution in [-0.4, -0.2) is 12.4 Å². The van der Waals surface area contributed by atoms with Crippen molar-refractivity contribution in [3.05, 3.63) is 12.8 Å². The Hall–Kier alpha value is -0.870. The zero-order valence-electron chi connectivity index (χ0n) is 8.04. The van der Waals surface area contributed by atoms with Gasteiger partial charge in [-0.25, -0.2) is 0 Å². The minimum atomic E-state index is 0.244. The second kappa shape index (κ2) is 9.22.